The lowest BCUT2D eigenvalue weighted by molar-refractivity contribution is 0.789. The van der Waals surface area contributed by atoms with E-state index in [2.05, 4.69) is 23.3 Å². The molecule has 0 amide bonds. The van der Waals surface area contributed by atoms with Gasteiger partial charge >= 0.3 is 0 Å². The lowest BCUT2D eigenvalue weighted by atomic mass is 10.1. The van der Waals surface area contributed by atoms with Crippen molar-refractivity contribution >= 4 is 22.5 Å². The first-order chi connectivity index (χ1) is 7.20. The lowest BCUT2D eigenvalue weighted by Crippen LogP contribution is -2.08. The Balaban J connectivity index is 2.60. The smallest absolute Gasteiger partial charge is 0.0707 e. The number of nitrogens with one attached hydrogen (secondary N) is 1. The molecular weight excluding hydrogens is 208 g/mol. The highest BCUT2D eigenvalue weighted by Gasteiger charge is 2.02. The summed E-state index contributed by atoms with van der Waals surface area (Å²) in [5.74, 6) is 0. The fourth-order valence-corrected chi connectivity index (χ4v) is 1.82. The van der Waals surface area contributed by atoms with Crippen LogP contribution in [0.1, 0.15) is 11.3 Å². The van der Waals surface area contributed by atoms with Crippen molar-refractivity contribution in [1.82, 2.24) is 10.3 Å². The molecule has 0 aliphatic rings. The summed E-state index contributed by atoms with van der Waals surface area (Å²) in [7, 11) is 1.92. The van der Waals surface area contributed by atoms with Crippen molar-refractivity contribution < 1.29 is 0 Å². The van der Waals surface area contributed by atoms with E-state index >= 15 is 0 Å². The Morgan fingerprint density at radius 2 is 2.13 bits per heavy atom. The number of benzene rings is 1. The standard InChI is InChI=1S/C12H13ClN2/c1-8-5-9-6-10(13)3-4-11(9)15-12(8)7-14-2/h3-6,14H,7H2,1-2H3. The van der Waals surface area contributed by atoms with Gasteiger partial charge in [-0.2, -0.15) is 0 Å². The van der Waals surface area contributed by atoms with Gasteiger partial charge in [0.15, 0.2) is 0 Å². The van der Waals surface area contributed by atoms with Crippen LogP contribution in [-0.2, 0) is 6.54 Å². The minimum Gasteiger partial charge on any atom is -0.314 e. The van der Waals surface area contributed by atoms with E-state index in [1.807, 2.05) is 25.2 Å². The van der Waals surface area contributed by atoms with E-state index in [0.29, 0.717) is 0 Å². The van der Waals surface area contributed by atoms with Gasteiger partial charge in [0.2, 0.25) is 0 Å². The molecule has 0 saturated carbocycles. The number of pyridine rings is 1. The zero-order valence-corrected chi connectivity index (χ0v) is 9.60. The highest BCUT2D eigenvalue weighted by molar-refractivity contribution is 6.31. The Hall–Kier alpha value is -1.12. The molecule has 0 bridgehead atoms. The number of nitrogens with zero attached hydrogens (tertiary/aromatic N) is 1. The van der Waals surface area contributed by atoms with E-state index in [1.165, 1.54) is 5.56 Å². The molecule has 0 atom stereocenters. The summed E-state index contributed by atoms with van der Waals surface area (Å²) >= 11 is 5.93. The molecule has 1 aromatic carbocycles. The van der Waals surface area contributed by atoms with E-state index in [9.17, 15) is 0 Å². The van der Waals surface area contributed by atoms with Gasteiger partial charge in [-0.25, -0.2) is 0 Å². The Bertz CT molecular complexity index is 494. The minimum atomic E-state index is 0.755. The summed E-state index contributed by atoms with van der Waals surface area (Å²) < 4.78 is 0. The molecule has 0 aliphatic carbocycles. The largest absolute Gasteiger partial charge is 0.314 e. The second-order valence-electron chi connectivity index (χ2n) is 3.62. The van der Waals surface area contributed by atoms with Gasteiger partial charge in [0.05, 0.1) is 11.2 Å². The van der Waals surface area contributed by atoms with Crippen LogP contribution in [0.4, 0.5) is 0 Å². The second kappa shape index (κ2) is 4.17. The van der Waals surface area contributed by atoms with Crippen molar-refractivity contribution in [2.45, 2.75) is 13.5 Å². The normalized spacial score (nSPS) is 10.9. The van der Waals surface area contributed by atoms with Crippen molar-refractivity contribution in [1.29, 1.82) is 0 Å². The van der Waals surface area contributed by atoms with Crippen molar-refractivity contribution in [3.05, 3.63) is 40.5 Å². The number of fused-ring (bicyclic) bond motifs is 1. The van der Waals surface area contributed by atoms with Crippen LogP contribution in [-0.4, -0.2) is 12.0 Å². The number of hydrogen-bond acceptors (Lipinski definition) is 2. The van der Waals surface area contributed by atoms with Crippen molar-refractivity contribution in [3.8, 4) is 0 Å². The molecular formula is C12H13ClN2. The molecule has 0 saturated heterocycles. The van der Waals surface area contributed by atoms with Crippen LogP contribution in [0.3, 0.4) is 0 Å². The summed E-state index contributed by atoms with van der Waals surface area (Å²) in [6.07, 6.45) is 0. The van der Waals surface area contributed by atoms with Crippen LogP contribution in [0, 0.1) is 6.92 Å². The monoisotopic (exact) mass is 220 g/mol. The molecule has 1 heterocycles. The molecule has 15 heavy (non-hydrogen) atoms. The van der Waals surface area contributed by atoms with Gasteiger partial charge in [-0.3, -0.25) is 4.98 Å². The van der Waals surface area contributed by atoms with E-state index in [4.69, 9.17) is 11.6 Å². The molecule has 0 unspecified atom stereocenters. The highest BCUT2D eigenvalue weighted by Crippen LogP contribution is 2.20. The Labute approximate surface area is 94.3 Å². The summed E-state index contributed by atoms with van der Waals surface area (Å²) in [6, 6.07) is 7.90. The van der Waals surface area contributed by atoms with Gasteiger partial charge in [-0.15, -0.1) is 0 Å². The zero-order chi connectivity index (χ0) is 10.8. The third-order valence-electron chi connectivity index (χ3n) is 2.42. The van der Waals surface area contributed by atoms with E-state index in [1.54, 1.807) is 0 Å². The number of hydrogen-bond donors (Lipinski definition) is 1. The first-order valence-corrected chi connectivity index (χ1v) is 5.29. The molecule has 1 aromatic heterocycles. The van der Waals surface area contributed by atoms with Gasteiger partial charge in [0, 0.05) is 17.0 Å². The highest BCUT2D eigenvalue weighted by atomic mass is 35.5. The molecule has 2 aromatic rings. The SMILES string of the molecule is CNCc1nc2ccc(Cl)cc2cc1C. The molecule has 0 fully saturated rings. The molecule has 0 radical (unpaired) electrons. The first kappa shape index (κ1) is 10.4. The molecule has 2 rings (SSSR count). The molecule has 0 spiro atoms. The van der Waals surface area contributed by atoms with Crippen molar-refractivity contribution in [2.24, 2.45) is 0 Å². The van der Waals surface area contributed by atoms with Crippen LogP contribution in [0.5, 0.6) is 0 Å². The Kier molecular flexibility index (Phi) is 2.89. The van der Waals surface area contributed by atoms with E-state index in [-0.39, 0.29) is 0 Å². The Morgan fingerprint density at radius 1 is 1.33 bits per heavy atom. The average molecular weight is 221 g/mol. The third kappa shape index (κ3) is 2.11. The van der Waals surface area contributed by atoms with Gasteiger partial charge in [0.1, 0.15) is 0 Å². The maximum absolute atomic E-state index is 5.93. The number of aryl methyl sites for hydroxylation is 1. The van der Waals surface area contributed by atoms with E-state index < -0.39 is 0 Å². The Morgan fingerprint density at radius 3 is 2.87 bits per heavy atom. The predicted octanol–water partition coefficient (Wildman–Crippen LogP) is 2.92. The van der Waals surface area contributed by atoms with Crippen molar-refractivity contribution in [3.63, 3.8) is 0 Å². The van der Waals surface area contributed by atoms with Gasteiger partial charge in [-0.1, -0.05) is 11.6 Å². The number of aromatic nitrogens is 1. The topological polar surface area (TPSA) is 24.9 Å². The van der Waals surface area contributed by atoms with Crippen LogP contribution in [0.25, 0.3) is 10.9 Å². The fourth-order valence-electron chi connectivity index (χ4n) is 1.64. The van der Waals surface area contributed by atoms with Crippen LogP contribution in [0.15, 0.2) is 24.3 Å². The van der Waals surface area contributed by atoms with Crippen LogP contribution < -0.4 is 5.32 Å². The van der Waals surface area contributed by atoms with Gasteiger partial charge in [-0.05, 0) is 43.8 Å². The minimum absolute atomic E-state index is 0.755. The molecule has 1 N–H and O–H groups in total. The van der Waals surface area contributed by atoms with Crippen LogP contribution in [0.2, 0.25) is 5.02 Å². The maximum Gasteiger partial charge on any atom is 0.0707 e. The molecule has 78 valence electrons. The number of halogens is 1. The quantitative estimate of drug-likeness (QED) is 0.842. The second-order valence-corrected chi connectivity index (χ2v) is 4.06. The van der Waals surface area contributed by atoms with E-state index in [0.717, 1.165) is 28.2 Å². The summed E-state index contributed by atoms with van der Waals surface area (Å²) in [6.45, 7) is 2.87. The maximum atomic E-state index is 5.93. The van der Waals surface area contributed by atoms with Gasteiger partial charge in [0.25, 0.3) is 0 Å². The number of rotatable bonds is 2. The zero-order valence-electron chi connectivity index (χ0n) is 8.84. The molecule has 3 heteroatoms. The summed E-state index contributed by atoms with van der Waals surface area (Å²) in [4.78, 5) is 4.58. The van der Waals surface area contributed by atoms with Gasteiger partial charge < -0.3 is 5.32 Å². The third-order valence-corrected chi connectivity index (χ3v) is 2.65. The fraction of sp³-hybridized carbons (Fsp3) is 0.250. The predicted molar refractivity (Wildman–Crippen MR) is 64.3 cm³/mol. The lowest BCUT2D eigenvalue weighted by Gasteiger charge is -2.06. The molecule has 0 aliphatic heterocycles. The first-order valence-electron chi connectivity index (χ1n) is 4.91. The summed E-state index contributed by atoms with van der Waals surface area (Å²) in [5, 5.41) is 4.96. The average Bonchev–Trinajstić information content (AvgIpc) is 2.20. The van der Waals surface area contributed by atoms with Crippen LogP contribution >= 0.6 is 11.6 Å². The summed E-state index contributed by atoms with van der Waals surface area (Å²) in [5.41, 5.74) is 3.28. The van der Waals surface area contributed by atoms with Crippen molar-refractivity contribution in [2.75, 3.05) is 7.05 Å². The molecule has 2 nitrogen and oxygen atoms in total.